The quantitative estimate of drug-likeness (QED) is 0.269. The lowest BCUT2D eigenvalue weighted by atomic mass is 9.60. The average molecular weight is 478 g/mol. The van der Waals surface area contributed by atoms with Crippen LogP contribution in [0.1, 0.15) is 53.4 Å². The van der Waals surface area contributed by atoms with Crippen LogP contribution < -0.4 is 0 Å². The second kappa shape index (κ2) is 8.53. The molecular formula is C18H27F9O4. The van der Waals surface area contributed by atoms with Gasteiger partial charge >= 0.3 is 18.5 Å². The molecule has 186 valence electrons. The zero-order valence-corrected chi connectivity index (χ0v) is 17.3. The first-order valence-electron chi connectivity index (χ1n) is 9.53. The van der Waals surface area contributed by atoms with Crippen molar-refractivity contribution >= 4 is 0 Å². The third-order valence-electron chi connectivity index (χ3n) is 7.03. The van der Waals surface area contributed by atoms with E-state index in [0.717, 1.165) is 6.92 Å². The maximum atomic E-state index is 13.7. The molecule has 0 heterocycles. The predicted molar refractivity (Wildman–Crippen MR) is 89.6 cm³/mol. The highest BCUT2D eigenvalue weighted by molar-refractivity contribution is 5.03. The van der Waals surface area contributed by atoms with Gasteiger partial charge in [-0.1, -0.05) is 6.92 Å². The number of rotatable bonds is 6. The summed E-state index contributed by atoms with van der Waals surface area (Å²) in [7, 11) is 0. The number of alkyl halides is 9. The van der Waals surface area contributed by atoms with Gasteiger partial charge in [0.15, 0.2) is 11.2 Å². The van der Waals surface area contributed by atoms with Gasteiger partial charge in [-0.15, -0.1) is 0 Å². The molecule has 4 nitrogen and oxygen atoms in total. The van der Waals surface area contributed by atoms with E-state index in [-0.39, 0.29) is 0 Å². The molecule has 0 aliphatic heterocycles. The zero-order valence-electron chi connectivity index (χ0n) is 17.3. The number of halogens is 9. The summed E-state index contributed by atoms with van der Waals surface area (Å²) in [5.74, 6) is -5.66. The third kappa shape index (κ3) is 5.09. The summed E-state index contributed by atoms with van der Waals surface area (Å²) in [5, 5.41) is 29.3. The Kier molecular flexibility index (Phi) is 7.77. The third-order valence-corrected chi connectivity index (χ3v) is 7.03. The molecule has 0 bridgehead atoms. The monoisotopic (exact) mass is 478 g/mol. The predicted octanol–water partition coefficient (Wildman–Crippen LogP) is 5.48. The van der Waals surface area contributed by atoms with Gasteiger partial charge in [-0.05, 0) is 64.2 Å². The van der Waals surface area contributed by atoms with Crippen molar-refractivity contribution in [3.05, 3.63) is 0 Å². The van der Waals surface area contributed by atoms with Gasteiger partial charge in [0.25, 0.3) is 0 Å². The van der Waals surface area contributed by atoms with E-state index in [1.54, 1.807) is 0 Å². The minimum Gasteiger partial charge on any atom is -0.380 e. The van der Waals surface area contributed by atoms with Crippen LogP contribution in [0, 0.1) is 23.2 Å². The van der Waals surface area contributed by atoms with Gasteiger partial charge in [-0.3, -0.25) is 5.26 Å². The number of aliphatic hydroxyl groups is 2. The minimum absolute atomic E-state index is 0.316. The maximum absolute atomic E-state index is 13.7. The van der Waals surface area contributed by atoms with Crippen molar-refractivity contribution in [3.63, 3.8) is 0 Å². The Bertz CT molecular complexity index is 579. The summed E-state index contributed by atoms with van der Waals surface area (Å²) in [6.45, 7) is 2.35. The van der Waals surface area contributed by atoms with Crippen LogP contribution in [-0.2, 0) is 4.89 Å². The Balaban J connectivity index is 3.55. The highest BCUT2D eigenvalue weighted by Gasteiger charge is 2.64. The largest absolute Gasteiger partial charge is 0.417 e. The molecule has 0 saturated heterocycles. The van der Waals surface area contributed by atoms with Crippen molar-refractivity contribution in [1.29, 1.82) is 0 Å². The van der Waals surface area contributed by atoms with Gasteiger partial charge in [0.1, 0.15) is 6.10 Å². The van der Waals surface area contributed by atoms with E-state index in [1.165, 1.54) is 0 Å². The first-order chi connectivity index (χ1) is 13.6. The van der Waals surface area contributed by atoms with Gasteiger partial charge in [-0.25, -0.2) is 4.89 Å². The van der Waals surface area contributed by atoms with Crippen molar-refractivity contribution < 1.29 is 59.9 Å². The standard InChI is InChI=1S/C18H27F9O4/c1-5-13(2,16(19,20)21)12(31-30)9-6-10(14(3,28)17(22,23)24)8-11(7-9)15(4,29)18(25,26)27/h9-12,28-30H,5-8H2,1-4H3. The fourth-order valence-corrected chi connectivity index (χ4v) is 4.28. The van der Waals surface area contributed by atoms with Gasteiger partial charge in [0.2, 0.25) is 0 Å². The van der Waals surface area contributed by atoms with Gasteiger partial charge < -0.3 is 10.2 Å². The minimum atomic E-state index is -5.30. The molecule has 0 aromatic rings. The van der Waals surface area contributed by atoms with E-state index in [9.17, 15) is 55.0 Å². The van der Waals surface area contributed by atoms with Crippen molar-refractivity contribution in [2.24, 2.45) is 23.2 Å². The van der Waals surface area contributed by atoms with E-state index in [2.05, 4.69) is 4.89 Å². The Morgan fingerprint density at radius 3 is 1.32 bits per heavy atom. The lowest BCUT2D eigenvalue weighted by Crippen LogP contribution is -2.59. The molecule has 13 heteroatoms. The molecule has 6 atom stereocenters. The molecule has 1 aliphatic rings. The molecule has 3 N–H and O–H groups in total. The molecule has 1 saturated carbocycles. The second-order valence-electron chi connectivity index (χ2n) is 8.95. The van der Waals surface area contributed by atoms with Gasteiger partial charge in [-0.2, -0.15) is 39.5 Å². The smallest absolute Gasteiger partial charge is 0.380 e. The van der Waals surface area contributed by atoms with Crippen molar-refractivity contribution in [3.8, 4) is 0 Å². The van der Waals surface area contributed by atoms with Crippen molar-refractivity contribution in [2.75, 3.05) is 0 Å². The fraction of sp³-hybridized carbons (Fsp3) is 1.00. The molecule has 31 heavy (non-hydrogen) atoms. The van der Waals surface area contributed by atoms with Crippen molar-refractivity contribution in [2.45, 2.75) is 89.2 Å². The highest BCUT2D eigenvalue weighted by Crippen LogP contribution is 2.55. The zero-order chi connectivity index (χ0) is 24.8. The Hall–Kier alpha value is -0.790. The summed E-state index contributed by atoms with van der Waals surface area (Å²) < 4.78 is 121. The highest BCUT2D eigenvalue weighted by atomic mass is 19.4. The molecule has 1 fully saturated rings. The van der Waals surface area contributed by atoms with E-state index < -0.39 is 84.7 Å². The molecular weight excluding hydrogens is 451 g/mol. The summed E-state index contributed by atoms with van der Waals surface area (Å²) in [6.07, 6.45) is -21.1. The molecule has 0 spiro atoms. The van der Waals surface area contributed by atoms with Crippen LogP contribution in [0.4, 0.5) is 39.5 Å². The van der Waals surface area contributed by atoms with Crippen LogP contribution in [0.2, 0.25) is 0 Å². The lowest BCUT2D eigenvalue weighted by molar-refractivity contribution is -0.366. The van der Waals surface area contributed by atoms with Gasteiger partial charge in [0.05, 0.1) is 5.41 Å². The normalized spacial score (nSPS) is 30.8. The summed E-state index contributed by atoms with van der Waals surface area (Å²) in [6, 6.07) is 0. The van der Waals surface area contributed by atoms with E-state index in [4.69, 9.17) is 0 Å². The van der Waals surface area contributed by atoms with Crippen LogP contribution in [0.5, 0.6) is 0 Å². The van der Waals surface area contributed by atoms with Crippen molar-refractivity contribution in [1.82, 2.24) is 0 Å². The second-order valence-corrected chi connectivity index (χ2v) is 8.95. The van der Waals surface area contributed by atoms with E-state index in [1.807, 2.05) is 0 Å². The van der Waals surface area contributed by atoms with Crippen LogP contribution in [0.15, 0.2) is 0 Å². The van der Waals surface area contributed by atoms with Crippen LogP contribution >= 0.6 is 0 Å². The Morgan fingerprint density at radius 1 is 0.742 bits per heavy atom. The number of hydrogen-bond acceptors (Lipinski definition) is 4. The SMILES string of the molecule is CCC(C)(C(OO)C1CC(C(C)(O)C(F)(F)F)CC(C(C)(O)C(F)(F)F)C1)C(F)(F)F. The first kappa shape index (κ1) is 28.2. The number of hydrogen-bond donors (Lipinski definition) is 3. The molecule has 0 amide bonds. The fourth-order valence-electron chi connectivity index (χ4n) is 4.28. The first-order valence-corrected chi connectivity index (χ1v) is 9.53. The molecule has 1 aliphatic carbocycles. The lowest BCUT2D eigenvalue weighted by Gasteiger charge is -2.50. The molecule has 6 unspecified atom stereocenters. The van der Waals surface area contributed by atoms with E-state index in [0.29, 0.717) is 20.8 Å². The Labute approximate surface area is 173 Å². The molecule has 0 aromatic carbocycles. The maximum Gasteiger partial charge on any atom is 0.417 e. The van der Waals surface area contributed by atoms with Gasteiger partial charge in [0, 0.05) is 0 Å². The summed E-state index contributed by atoms with van der Waals surface area (Å²) in [5.41, 5.74) is -9.91. The average Bonchev–Trinajstić information content (AvgIpc) is 2.58. The Morgan fingerprint density at radius 2 is 1.10 bits per heavy atom. The summed E-state index contributed by atoms with van der Waals surface area (Å²) in [4.78, 5) is 4.02. The molecule has 0 aromatic heterocycles. The van der Waals surface area contributed by atoms with Crippen LogP contribution in [0.3, 0.4) is 0 Å². The topological polar surface area (TPSA) is 69.9 Å². The molecule has 1 rings (SSSR count). The van der Waals surface area contributed by atoms with Crippen LogP contribution in [0.25, 0.3) is 0 Å². The van der Waals surface area contributed by atoms with Crippen LogP contribution in [-0.4, -0.2) is 51.3 Å². The molecule has 0 radical (unpaired) electrons. The summed E-state index contributed by atoms with van der Waals surface area (Å²) >= 11 is 0. The van der Waals surface area contributed by atoms with E-state index >= 15 is 0 Å².